The molecule has 0 aromatic heterocycles. The molecule has 1 nitrogen and oxygen atoms in total. The van der Waals surface area contributed by atoms with Gasteiger partial charge in [0.2, 0.25) is 0 Å². The van der Waals surface area contributed by atoms with Crippen LogP contribution in [0.25, 0.3) is 0 Å². The molecule has 0 aliphatic rings. The van der Waals surface area contributed by atoms with Gasteiger partial charge >= 0.3 is 0 Å². The standard InChI is InChI=1S/C15H30OSi/c1-7-12-13-15(14(6)8-2)16-17(9-3,10-4)11-5/h7-8,15H,1,9-13H2,2-6H3/b14-8+/t15-/m0/s1. The van der Waals surface area contributed by atoms with E-state index in [2.05, 4.69) is 47.3 Å². The first-order valence-corrected chi connectivity index (χ1v) is 9.53. The molecular weight excluding hydrogens is 224 g/mol. The highest BCUT2D eigenvalue weighted by molar-refractivity contribution is 6.73. The summed E-state index contributed by atoms with van der Waals surface area (Å²) in [6.45, 7) is 15.0. The van der Waals surface area contributed by atoms with Gasteiger partial charge in [-0.25, -0.2) is 0 Å². The van der Waals surface area contributed by atoms with Crippen LogP contribution in [0.1, 0.15) is 47.5 Å². The van der Waals surface area contributed by atoms with Crippen LogP contribution in [0.3, 0.4) is 0 Å². The van der Waals surface area contributed by atoms with E-state index in [1.807, 2.05) is 6.08 Å². The zero-order valence-corrected chi connectivity index (χ0v) is 13.4. The maximum Gasteiger partial charge on any atom is 0.192 e. The van der Waals surface area contributed by atoms with Gasteiger partial charge in [-0.2, -0.15) is 0 Å². The van der Waals surface area contributed by atoms with Crippen LogP contribution >= 0.6 is 0 Å². The van der Waals surface area contributed by atoms with Crippen LogP contribution in [0.2, 0.25) is 18.1 Å². The molecule has 2 heteroatoms. The first-order chi connectivity index (χ1) is 8.09. The summed E-state index contributed by atoms with van der Waals surface area (Å²) in [5.74, 6) is 0. The van der Waals surface area contributed by atoms with Crippen molar-refractivity contribution in [3.05, 3.63) is 24.3 Å². The molecule has 0 aromatic carbocycles. The second kappa shape index (κ2) is 8.70. The molecule has 0 aromatic rings. The highest BCUT2D eigenvalue weighted by Crippen LogP contribution is 2.27. The molecule has 17 heavy (non-hydrogen) atoms. The van der Waals surface area contributed by atoms with E-state index in [-0.39, 0.29) is 0 Å². The minimum atomic E-state index is -1.48. The maximum absolute atomic E-state index is 6.56. The van der Waals surface area contributed by atoms with Gasteiger partial charge in [0.05, 0.1) is 6.10 Å². The van der Waals surface area contributed by atoms with E-state index in [1.165, 1.54) is 23.7 Å². The van der Waals surface area contributed by atoms with Crippen molar-refractivity contribution in [1.29, 1.82) is 0 Å². The quantitative estimate of drug-likeness (QED) is 0.400. The number of allylic oxidation sites excluding steroid dienone is 2. The summed E-state index contributed by atoms with van der Waals surface area (Å²) in [7, 11) is -1.48. The number of hydrogen-bond donors (Lipinski definition) is 0. The Labute approximate surface area is 109 Å². The Balaban J connectivity index is 4.75. The van der Waals surface area contributed by atoms with E-state index in [0.717, 1.165) is 12.8 Å². The molecule has 0 saturated carbocycles. The van der Waals surface area contributed by atoms with Crippen LogP contribution in [0.15, 0.2) is 24.3 Å². The Morgan fingerprint density at radius 1 is 1.24 bits per heavy atom. The van der Waals surface area contributed by atoms with Crippen LogP contribution in [-0.2, 0) is 4.43 Å². The third kappa shape index (κ3) is 5.22. The predicted molar refractivity (Wildman–Crippen MR) is 80.9 cm³/mol. The van der Waals surface area contributed by atoms with Gasteiger partial charge in [0.15, 0.2) is 8.32 Å². The molecule has 0 unspecified atom stereocenters. The van der Waals surface area contributed by atoms with Crippen LogP contribution in [0, 0.1) is 0 Å². The Bertz CT molecular complexity index is 233. The summed E-state index contributed by atoms with van der Waals surface area (Å²) < 4.78 is 6.56. The van der Waals surface area contributed by atoms with E-state index in [9.17, 15) is 0 Å². The lowest BCUT2D eigenvalue weighted by molar-refractivity contribution is 0.211. The highest BCUT2D eigenvalue weighted by Gasteiger charge is 2.32. The summed E-state index contributed by atoms with van der Waals surface area (Å²) in [5, 5.41) is 0. The fraction of sp³-hybridized carbons (Fsp3) is 0.733. The van der Waals surface area contributed by atoms with Gasteiger partial charge in [-0.05, 0) is 44.8 Å². The van der Waals surface area contributed by atoms with E-state index in [4.69, 9.17) is 4.43 Å². The van der Waals surface area contributed by atoms with E-state index in [0.29, 0.717) is 6.10 Å². The summed E-state index contributed by atoms with van der Waals surface area (Å²) in [6, 6.07) is 3.67. The molecule has 100 valence electrons. The monoisotopic (exact) mass is 254 g/mol. The SMILES string of the molecule is C=CCC[C@H](O[Si](CC)(CC)CC)/C(C)=C/C. The molecule has 0 spiro atoms. The molecule has 0 aliphatic carbocycles. The third-order valence-corrected chi connectivity index (χ3v) is 8.57. The highest BCUT2D eigenvalue weighted by atomic mass is 28.4. The van der Waals surface area contributed by atoms with Crippen LogP contribution in [0.4, 0.5) is 0 Å². The zero-order valence-electron chi connectivity index (χ0n) is 12.4. The first kappa shape index (κ1) is 16.7. The Morgan fingerprint density at radius 3 is 2.12 bits per heavy atom. The first-order valence-electron chi connectivity index (χ1n) is 7.00. The fourth-order valence-electron chi connectivity index (χ4n) is 2.14. The van der Waals surface area contributed by atoms with Gasteiger partial charge in [-0.15, -0.1) is 6.58 Å². The molecule has 0 radical (unpaired) electrons. The van der Waals surface area contributed by atoms with Crippen molar-refractivity contribution < 1.29 is 4.43 Å². The van der Waals surface area contributed by atoms with E-state index in [1.54, 1.807) is 0 Å². The van der Waals surface area contributed by atoms with Gasteiger partial charge in [0.25, 0.3) is 0 Å². The zero-order chi connectivity index (χ0) is 13.3. The van der Waals surface area contributed by atoms with Crippen molar-refractivity contribution in [2.24, 2.45) is 0 Å². The van der Waals surface area contributed by atoms with Crippen LogP contribution in [0.5, 0.6) is 0 Å². The molecule has 0 rings (SSSR count). The van der Waals surface area contributed by atoms with E-state index >= 15 is 0 Å². The Hall–Kier alpha value is -0.343. The van der Waals surface area contributed by atoms with Crippen molar-refractivity contribution in [3.63, 3.8) is 0 Å². The molecule has 0 saturated heterocycles. The molecule has 0 aliphatic heterocycles. The summed E-state index contributed by atoms with van der Waals surface area (Å²) in [5.41, 5.74) is 1.37. The maximum atomic E-state index is 6.56. The van der Waals surface area contributed by atoms with Crippen LogP contribution in [-0.4, -0.2) is 14.4 Å². The lowest BCUT2D eigenvalue weighted by atomic mass is 10.1. The van der Waals surface area contributed by atoms with Gasteiger partial charge in [0, 0.05) is 0 Å². The lowest BCUT2D eigenvalue weighted by Crippen LogP contribution is -2.40. The summed E-state index contributed by atoms with van der Waals surface area (Å²) in [4.78, 5) is 0. The largest absolute Gasteiger partial charge is 0.410 e. The second-order valence-corrected chi connectivity index (χ2v) is 9.47. The second-order valence-electron chi connectivity index (χ2n) is 4.75. The molecule has 1 atom stereocenters. The van der Waals surface area contributed by atoms with Gasteiger partial charge < -0.3 is 4.43 Å². The van der Waals surface area contributed by atoms with Crippen molar-refractivity contribution in [2.75, 3.05) is 0 Å². The third-order valence-electron chi connectivity index (χ3n) is 3.92. The molecule has 0 fully saturated rings. The average Bonchev–Trinajstić information content (AvgIpc) is 2.39. The molecular formula is C15H30OSi. The lowest BCUT2D eigenvalue weighted by Gasteiger charge is -2.33. The normalized spacial score (nSPS) is 14.8. The van der Waals surface area contributed by atoms with Crippen molar-refractivity contribution in [2.45, 2.75) is 71.7 Å². The van der Waals surface area contributed by atoms with Gasteiger partial charge in [0.1, 0.15) is 0 Å². The molecule has 0 N–H and O–H groups in total. The van der Waals surface area contributed by atoms with Crippen molar-refractivity contribution in [1.82, 2.24) is 0 Å². The number of hydrogen-bond acceptors (Lipinski definition) is 1. The summed E-state index contributed by atoms with van der Waals surface area (Å²) >= 11 is 0. The smallest absolute Gasteiger partial charge is 0.192 e. The van der Waals surface area contributed by atoms with Crippen molar-refractivity contribution in [3.8, 4) is 0 Å². The summed E-state index contributed by atoms with van der Waals surface area (Å²) in [6.07, 6.45) is 6.61. The van der Waals surface area contributed by atoms with Crippen LogP contribution < -0.4 is 0 Å². The minimum Gasteiger partial charge on any atom is -0.410 e. The molecule has 0 bridgehead atoms. The van der Waals surface area contributed by atoms with E-state index < -0.39 is 8.32 Å². The van der Waals surface area contributed by atoms with Crippen molar-refractivity contribution >= 4 is 8.32 Å². The van der Waals surface area contributed by atoms with Gasteiger partial charge in [-0.3, -0.25) is 0 Å². The van der Waals surface area contributed by atoms with Gasteiger partial charge in [-0.1, -0.05) is 38.5 Å². The Kier molecular flexibility index (Phi) is 8.53. The molecule has 0 amide bonds. The predicted octanol–water partition coefficient (Wildman–Crippen LogP) is 5.31. The number of rotatable bonds is 9. The minimum absolute atomic E-state index is 0.310. The Morgan fingerprint density at radius 2 is 1.76 bits per heavy atom. The molecule has 0 heterocycles. The fourth-order valence-corrected chi connectivity index (χ4v) is 5.04. The average molecular weight is 254 g/mol. The topological polar surface area (TPSA) is 9.23 Å².